The lowest BCUT2D eigenvalue weighted by molar-refractivity contribution is -0.120. The topological polar surface area (TPSA) is 69.7 Å². The molecule has 0 radical (unpaired) electrons. The van der Waals surface area contributed by atoms with Gasteiger partial charge in [0.25, 0.3) is 0 Å². The Kier molecular flexibility index (Phi) is 7.27. The van der Waals surface area contributed by atoms with E-state index in [1.54, 1.807) is 17.0 Å². The van der Waals surface area contributed by atoms with Crippen LogP contribution in [0.4, 0.5) is 5.69 Å². The van der Waals surface area contributed by atoms with Gasteiger partial charge in [-0.05, 0) is 60.9 Å². The third kappa shape index (κ3) is 4.74. The fourth-order valence-corrected chi connectivity index (χ4v) is 5.85. The van der Waals surface area contributed by atoms with Gasteiger partial charge in [0.05, 0.1) is 4.34 Å². The van der Waals surface area contributed by atoms with E-state index in [-0.39, 0.29) is 18.3 Å². The van der Waals surface area contributed by atoms with Crippen LogP contribution in [-0.4, -0.2) is 44.8 Å². The molecule has 1 aromatic heterocycles. The van der Waals surface area contributed by atoms with Gasteiger partial charge in [-0.3, -0.25) is 4.79 Å². The van der Waals surface area contributed by atoms with Crippen molar-refractivity contribution in [3.63, 3.8) is 0 Å². The minimum absolute atomic E-state index is 0. The average molecular weight is 488 g/mol. The third-order valence-electron chi connectivity index (χ3n) is 5.40. The summed E-state index contributed by atoms with van der Waals surface area (Å²) in [6.07, 6.45) is 2.91. The van der Waals surface area contributed by atoms with Crippen LogP contribution in [0.3, 0.4) is 0 Å². The first kappa shape index (κ1) is 23.2. The molecule has 0 bridgehead atoms. The van der Waals surface area contributed by atoms with Gasteiger partial charge < -0.3 is 10.2 Å². The Balaban J connectivity index is 0.00000256. The number of carbonyl (C=O) groups is 1. The minimum atomic E-state index is -3.72. The van der Waals surface area contributed by atoms with Crippen molar-refractivity contribution in [2.75, 3.05) is 25.0 Å². The monoisotopic (exact) mass is 487 g/mol. The summed E-state index contributed by atoms with van der Waals surface area (Å²) >= 11 is 7.18. The maximum atomic E-state index is 13.0. The van der Waals surface area contributed by atoms with Crippen LogP contribution >= 0.6 is 35.3 Å². The van der Waals surface area contributed by atoms with Crippen LogP contribution in [0.5, 0.6) is 0 Å². The van der Waals surface area contributed by atoms with E-state index >= 15 is 0 Å². The Labute approximate surface area is 192 Å². The Hall–Kier alpha value is -1.42. The van der Waals surface area contributed by atoms with Crippen molar-refractivity contribution in [2.45, 2.75) is 25.4 Å². The molecule has 1 atom stereocenters. The summed E-state index contributed by atoms with van der Waals surface area (Å²) in [5, 5.41) is 4.47. The summed E-state index contributed by atoms with van der Waals surface area (Å²) in [6.45, 7) is 2.27. The highest BCUT2D eigenvalue weighted by Gasteiger charge is 2.39. The van der Waals surface area contributed by atoms with E-state index in [1.165, 1.54) is 39.9 Å². The molecule has 0 unspecified atom stereocenters. The number of carbonyl (C=O) groups excluding carboxylic acids is 1. The van der Waals surface area contributed by atoms with Crippen molar-refractivity contribution in [2.24, 2.45) is 0 Å². The van der Waals surface area contributed by atoms with Crippen LogP contribution in [0.2, 0.25) is 4.34 Å². The molecule has 1 amide bonds. The molecule has 1 aromatic carbocycles. The second-order valence-electron chi connectivity index (χ2n) is 7.18. The number of rotatable bonds is 5. The van der Waals surface area contributed by atoms with Crippen molar-refractivity contribution in [3.8, 4) is 0 Å². The van der Waals surface area contributed by atoms with E-state index < -0.39 is 16.1 Å². The smallest absolute Gasteiger partial charge is 0.245 e. The van der Waals surface area contributed by atoms with E-state index in [2.05, 4.69) is 11.4 Å². The molecular weight excluding hydrogens is 465 g/mol. The Morgan fingerprint density at radius 2 is 2.07 bits per heavy atom. The number of sulfonamides is 1. The molecule has 1 fully saturated rings. The average Bonchev–Trinajstić information content (AvgIpc) is 3.31. The van der Waals surface area contributed by atoms with Crippen molar-refractivity contribution in [1.29, 1.82) is 0 Å². The molecule has 1 N–H and O–H groups in total. The summed E-state index contributed by atoms with van der Waals surface area (Å²) in [5.41, 5.74) is 3.34. The van der Waals surface area contributed by atoms with Gasteiger partial charge >= 0.3 is 0 Å². The molecule has 162 valence electrons. The number of anilines is 1. The first-order valence-electron chi connectivity index (χ1n) is 9.40. The molecule has 6 nitrogen and oxygen atoms in total. The summed E-state index contributed by atoms with van der Waals surface area (Å²) in [5.74, 6) is -0.183. The van der Waals surface area contributed by atoms with Gasteiger partial charge in [-0.1, -0.05) is 17.7 Å². The number of amides is 1. The largest absolute Gasteiger partial charge is 0.312 e. The van der Waals surface area contributed by atoms with E-state index in [0.717, 1.165) is 35.5 Å². The quantitative estimate of drug-likeness (QED) is 0.700. The molecule has 0 saturated carbocycles. The number of nitrogens with one attached hydrogen (secondary N) is 1. The number of thiophene rings is 1. The predicted molar refractivity (Wildman–Crippen MR) is 125 cm³/mol. The molecule has 2 aliphatic heterocycles. The van der Waals surface area contributed by atoms with Gasteiger partial charge in [0, 0.05) is 36.1 Å². The Morgan fingerprint density at radius 3 is 2.80 bits per heavy atom. The zero-order valence-electron chi connectivity index (χ0n) is 16.4. The number of hydrogen-bond acceptors (Lipinski definition) is 5. The van der Waals surface area contributed by atoms with Crippen molar-refractivity contribution >= 4 is 63.0 Å². The summed E-state index contributed by atoms with van der Waals surface area (Å²) < 4.78 is 27.2. The maximum Gasteiger partial charge on any atom is 0.245 e. The molecule has 2 aromatic rings. The van der Waals surface area contributed by atoms with Crippen molar-refractivity contribution in [3.05, 3.63) is 56.1 Å². The van der Waals surface area contributed by atoms with Crippen LogP contribution in [0.15, 0.2) is 35.7 Å². The molecule has 1 saturated heterocycles. The van der Waals surface area contributed by atoms with Gasteiger partial charge in [-0.15, -0.1) is 23.7 Å². The van der Waals surface area contributed by atoms with Gasteiger partial charge in [0.1, 0.15) is 6.04 Å². The van der Waals surface area contributed by atoms with Crippen molar-refractivity contribution in [1.82, 2.24) is 9.62 Å². The molecule has 30 heavy (non-hydrogen) atoms. The molecule has 2 aliphatic rings. The Bertz CT molecular complexity index is 1070. The highest BCUT2D eigenvalue weighted by atomic mass is 35.5. The normalized spacial score (nSPS) is 19.4. The molecule has 0 spiro atoms. The van der Waals surface area contributed by atoms with E-state index in [1.807, 2.05) is 12.1 Å². The molecular formula is C20H23Cl2N3O3S2. The number of hydrogen-bond donors (Lipinski definition) is 1. The van der Waals surface area contributed by atoms with Gasteiger partial charge in [-0.2, -0.15) is 4.31 Å². The van der Waals surface area contributed by atoms with Crippen LogP contribution < -0.4 is 10.2 Å². The highest BCUT2D eigenvalue weighted by molar-refractivity contribution is 7.92. The molecule has 10 heteroatoms. The lowest BCUT2D eigenvalue weighted by atomic mass is 10.0. The second kappa shape index (κ2) is 9.38. The summed E-state index contributed by atoms with van der Waals surface area (Å²) in [4.78, 5) is 15.4. The fraction of sp³-hybridized carbons (Fsp3) is 0.350. The third-order valence-corrected chi connectivity index (χ3v) is 8.14. The van der Waals surface area contributed by atoms with Crippen LogP contribution in [0, 0.1) is 0 Å². The maximum absolute atomic E-state index is 13.0. The molecule has 4 rings (SSSR count). The predicted octanol–water partition coefficient (Wildman–Crippen LogP) is 3.51. The van der Waals surface area contributed by atoms with E-state index in [0.29, 0.717) is 17.3 Å². The standard InChI is InChI=1S/C20H22ClN3O3S2.ClH/c1-23(29(26,27)11-8-17-4-5-19(21)28-17)18-7-10-24(20(18)25)16-3-2-15-13-22-9-6-14(15)12-16;/h2-5,8,11-12,18,22H,6-7,9-10,13H2,1H3;1H/b11-8+;/t18-;/m0./s1. The first-order valence-corrected chi connectivity index (χ1v) is 12.1. The number of benzene rings is 1. The zero-order valence-corrected chi connectivity index (χ0v) is 19.6. The summed E-state index contributed by atoms with van der Waals surface area (Å²) in [7, 11) is -2.26. The number of halogens is 2. The number of nitrogens with zero attached hydrogens (tertiary/aromatic N) is 2. The summed E-state index contributed by atoms with van der Waals surface area (Å²) in [6, 6.07) is 8.83. The lowest BCUT2D eigenvalue weighted by Gasteiger charge is -2.24. The minimum Gasteiger partial charge on any atom is -0.312 e. The van der Waals surface area contributed by atoms with Crippen LogP contribution in [-0.2, 0) is 27.8 Å². The fourth-order valence-electron chi connectivity index (χ4n) is 3.73. The number of fused-ring (bicyclic) bond motifs is 1. The van der Waals surface area contributed by atoms with Crippen LogP contribution in [0.1, 0.15) is 22.4 Å². The van der Waals surface area contributed by atoms with Crippen molar-refractivity contribution < 1.29 is 13.2 Å². The Morgan fingerprint density at radius 1 is 1.27 bits per heavy atom. The molecule has 3 heterocycles. The lowest BCUT2D eigenvalue weighted by Crippen LogP contribution is -2.42. The van der Waals surface area contributed by atoms with E-state index in [9.17, 15) is 13.2 Å². The SMILES string of the molecule is CN([C@H]1CCN(c2ccc3c(c2)CCNC3)C1=O)S(=O)(=O)/C=C/c1ccc(Cl)s1.Cl. The first-order chi connectivity index (χ1) is 13.8. The van der Waals surface area contributed by atoms with Gasteiger partial charge in [0.2, 0.25) is 15.9 Å². The molecule has 0 aliphatic carbocycles. The number of likely N-dealkylation sites (N-methyl/N-ethyl adjacent to an activating group) is 1. The van der Waals surface area contributed by atoms with Gasteiger partial charge in [-0.25, -0.2) is 8.42 Å². The second-order valence-corrected chi connectivity index (χ2v) is 10.8. The van der Waals surface area contributed by atoms with Gasteiger partial charge in [0.15, 0.2) is 0 Å². The van der Waals surface area contributed by atoms with E-state index in [4.69, 9.17) is 11.6 Å². The van der Waals surface area contributed by atoms with Crippen LogP contribution in [0.25, 0.3) is 6.08 Å². The zero-order chi connectivity index (χ0) is 20.6. The highest BCUT2D eigenvalue weighted by Crippen LogP contribution is 2.29.